The highest BCUT2D eigenvalue weighted by atomic mass is 35.5. The summed E-state index contributed by atoms with van der Waals surface area (Å²) >= 11 is 5.81. The summed E-state index contributed by atoms with van der Waals surface area (Å²) in [7, 11) is 0. The highest BCUT2D eigenvalue weighted by Crippen LogP contribution is 2.44. The number of piperidine rings is 1. The number of amides is 1. The molecule has 25 heavy (non-hydrogen) atoms. The van der Waals surface area contributed by atoms with Crippen molar-refractivity contribution in [2.45, 2.75) is 51.1 Å². The number of halogens is 2. The lowest BCUT2D eigenvalue weighted by molar-refractivity contribution is -0.127. The van der Waals surface area contributed by atoms with Crippen molar-refractivity contribution in [3.63, 3.8) is 0 Å². The minimum absolute atomic E-state index is 0.116. The highest BCUT2D eigenvalue weighted by Gasteiger charge is 2.40. The first-order valence-corrected chi connectivity index (χ1v) is 9.93. The summed E-state index contributed by atoms with van der Waals surface area (Å²) in [5.74, 6) is 1.69. The van der Waals surface area contributed by atoms with Crippen LogP contribution in [0.15, 0.2) is 18.2 Å². The van der Waals surface area contributed by atoms with Gasteiger partial charge in [-0.3, -0.25) is 9.69 Å². The van der Waals surface area contributed by atoms with E-state index in [0.717, 1.165) is 37.8 Å². The molecule has 1 N–H and O–H groups in total. The molecule has 1 aliphatic heterocycles. The van der Waals surface area contributed by atoms with Gasteiger partial charge in [-0.2, -0.15) is 0 Å². The molecule has 136 valence electrons. The van der Waals surface area contributed by atoms with E-state index in [9.17, 15) is 9.18 Å². The van der Waals surface area contributed by atoms with Gasteiger partial charge in [-0.05, 0) is 69.2 Å². The SMILES string of the molecule is O=C(N[C@H]1C[C@@H]2CC[C@@H]1C2)C1CCN(Cc2ccc(Cl)cc2F)CC1. The van der Waals surface area contributed by atoms with Gasteiger partial charge < -0.3 is 5.32 Å². The molecule has 1 saturated heterocycles. The lowest BCUT2D eigenvalue weighted by Crippen LogP contribution is -2.45. The van der Waals surface area contributed by atoms with E-state index < -0.39 is 0 Å². The Hall–Kier alpha value is -1.13. The summed E-state index contributed by atoms with van der Waals surface area (Å²) in [6.45, 7) is 2.28. The van der Waals surface area contributed by atoms with Gasteiger partial charge in [0.05, 0.1) is 0 Å². The smallest absolute Gasteiger partial charge is 0.223 e. The van der Waals surface area contributed by atoms with E-state index in [1.807, 2.05) is 0 Å². The highest BCUT2D eigenvalue weighted by molar-refractivity contribution is 6.30. The van der Waals surface area contributed by atoms with Crippen molar-refractivity contribution >= 4 is 17.5 Å². The topological polar surface area (TPSA) is 32.3 Å². The van der Waals surface area contributed by atoms with Gasteiger partial charge in [0.1, 0.15) is 5.82 Å². The second-order valence-electron chi connectivity index (χ2n) is 8.08. The number of hydrogen-bond acceptors (Lipinski definition) is 2. The standard InChI is InChI=1S/C20H26ClFN2O/c21-17-4-3-16(18(22)11-17)12-24-7-5-14(6-8-24)20(25)23-19-10-13-1-2-15(19)9-13/h3-4,11,13-15,19H,1-2,5-10,12H2,(H,23,25)/t13-,15-,19+/m1/s1. The van der Waals surface area contributed by atoms with Crippen molar-refractivity contribution in [2.24, 2.45) is 17.8 Å². The van der Waals surface area contributed by atoms with Crippen LogP contribution in [0.5, 0.6) is 0 Å². The number of carbonyl (C=O) groups is 1. The number of likely N-dealkylation sites (tertiary alicyclic amines) is 1. The van der Waals surface area contributed by atoms with Gasteiger partial charge in [0.15, 0.2) is 0 Å². The number of rotatable bonds is 4. The molecule has 4 rings (SSSR count). The molecular weight excluding hydrogens is 339 g/mol. The normalized spacial score (nSPS) is 29.9. The first-order chi connectivity index (χ1) is 12.1. The number of nitrogens with one attached hydrogen (secondary N) is 1. The molecule has 1 aromatic carbocycles. The van der Waals surface area contributed by atoms with Gasteiger partial charge >= 0.3 is 0 Å². The third kappa shape index (κ3) is 3.85. The van der Waals surface area contributed by atoms with Crippen molar-refractivity contribution in [1.29, 1.82) is 0 Å². The Morgan fingerprint density at radius 2 is 2.00 bits per heavy atom. The first kappa shape index (κ1) is 17.3. The van der Waals surface area contributed by atoms with Crippen LogP contribution in [0.2, 0.25) is 5.02 Å². The quantitative estimate of drug-likeness (QED) is 0.875. The Bertz CT molecular complexity index is 645. The molecule has 5 heteroatoms. The molecule has 0 unspecified atom stereocenters. The lowest BCUT2D eigenvalue weighted by atomic mass is 9.92. The summed E-state index contributed by atoms with van der Waals surface area (Å²) in [5.41, 5.74) is 0.675. The molecule has 1 aromatic rings. The number of fused-ring (bicyclic) bond motifs is 2. The van der Waals surface area contributed by atoms with Crippen LogP contribution in [0.1, 0.15) is 44.1 Å². The van der Waals surface area contributed by atoms with Gasteiger partial charge in [-0.25, -0.2) is 4.39 Å². The maximum Gasteiger partial charge on any atom is 0.223 e. The second kappa shape index (κ2) is 7.24. The van der Waals surface area contributed by atoms with Crippen LogP contribution >= 0.6 is 11.6 Å². The van der Waals surface area contributed by atoms with Crippen LogP contribution in [0, 0.1) is 23.6 Å². The lowest BCUT2D eigenvalue weighted by Gasteiger charge is -2.33. The molecule has 2 bridgehead atoms. The summed E-state index contributed by atoms with van der Waals surface area (Å²) in [6.07, 6.45) is 6.88. The van der Waals surface area contributed by atoms with Crippen LogP contribution in [-0.4, -0.2) is 29.9 Å². The zero-order valence-electron chi connectivity index (χ0n) is 14.5. The molecule has 1 heterocycles. The number of carbonyl (C=O) groups excluding carboxylic acids is 1. The van der Waals surface area contributed by atoms with Crippen LogP contribution < -0.4 is 5.32 Å². The Morgan fingerprint density at radius 1 is 1.20 bits per heavy atom. The predicted molar refractivity (Wildman–Crippen MR) is 96.8 cm³/mol. The molecule has 3 nitrogen and oxygen atoms in total. The molecule has 0 radical (unpaired) electrons. The molecule has 2 aliphatic carbocycles. The maximum atomic E-state index is 13.9. The van der Waals surface area contributed by atoms with Crippen molar-refractivity contribution in [3.05, 3.63) is 34.6 Å². The Morgan fingerprint density at radius 3 is 2.64 bits per heavy atom. The van der Waals surface area contributed by atoms with Gasteiger partial charge in [0, 0.05) is 29.1 Å². The molecule has 0 aromatic heterocycles. The summed E-state index contributed by atoms with van der Waals surface area (Å²) in [6, 6.07) is 5.28. The number of hydrogen-bond donors (Lipinski definition) is 1. The van der Waals surface area contributed by atoms with Crippen molar-refractivity contribution < 1.29 is 9.18 Å². The van der Waals surface area contributed by atoms with Gasteiger partial charge in [0.2, 0.25) is 5.91 Å². The molecule has 3 fully saturated rings. The van der Waals surface area contributed by atoms with E-state index in [1.54, 1.807) is 12.1 Å². The molecule has 1 amide bonds. The third-order valence-corrected chi connectivity index (χ3v) is 6.67. The van der Waals surface area contributed by atoms with Crippen molar-refractivity contribution in [3.8, 4) is 0 Å². The summed E-state index contributed by atoms with van der Waals surface area (Å²) in [5, 5.41) is 3.76. The third-order valence-electron chi connectivity index (χ3n) is 6.43. The zero-order chi connectivity index (χ0) is 17.4. The van der Waals surface area contributed by atoms with Crippen LogP contribution in [0.3, 0.4) is 0 Å². The fourth-order valence-corrected chi connectivity index (χ4v) is 5.12. The number of nitrogens with zero attached hydrogens (tertiary/aromatic N) is 1. The molecule has 2 saturated carbocycles. The minimum Gasteiger partial charge on any atom is -0.353 e. The van der Waals surface area contributed by atoms with E-state index in [4.69, 9.17) is 11.6 Å². The predicted octanol–water partition coefficient (Wildman–Crippen LogP) is 4.00. The van der Waals surface area contributed by atoms with Gasteiger partial charge in [0.25, 0.3) is 0 Å². The maximum absolute atomic E-state index is 13.9. The van der Waals surface area contributed by atoms with E-state index in [-0.39, 0.29) is 17.6 Å². The molecule has 0 spiro atoms. The zero-order valence-corrected chi connectivity index (χ0v) is 15.3. The van der Waals surface area contributed by atoms with Gasteiger partial charge in [-0.1, -0.05) is 24.1 Å². The molecule has 3 atom stereocenters. The number of benzene rings is 1. The van der Waals surface area contributed by atoms with Crippen LogP contribution in [-0.2, 0) is 11.3 Å². The molecular formula is C20H26ClFN2O. The van der Waals surface area contributed by atoms with E-state index in [2.05, 4.69) is 10.2 Å². The average Bonchev–Trinajstić information content (AvgIpc) is 3.21. The summed E-state index contributed by atoms with van der Waals surface area (Å²) in [4.78, 5) is 14.8. The Labute approximate surface area is 153 Å². The largest absolute Gasteiger partial charge is 0.353 e. The van der Waals surface area contributed by atoms with Crippen molar-refractivity contribution in [2.75, 3.05) is 13.1 Å². The van der Waals surface area contributed by atoms with E-state index in [0.29, 0.717) is 23.2 Å². The van der Waals surface area contributed by atoms with E-state index >= 15 is 0 Å². The van der Waals surface area contributed by atoms with Crippen LogP contribution in [0.25, 0.3) is 0 Å². The second-order valence-corrected chi connectivity index (χ2v) is 8.51. The molecule has 3 aliphatic rings. The summed E-state index contributed by atoms with van der Waals surface area (Å²) < 4.78 is 13.9. The average molecular weight is 365 g/mol. The first-order valence-electron chi connectivity index (χ1n) is 9.55. The Balaban J connectivity index is 1.26. The monoisotopic (exact) mass is 364 g/mol. The minimum atomic E-state index is -0.247. The fraction of sp³-hybridized carbons (Fsp3) is 0.650. The Kier molecular flexibility index (Phi) is 5.01. The van der Waals surface area contributed by atoms with Gasteiger partial charge in [-0.15, -0.1) is 0 Å². The van der Waals surface area contributed by atoms with Crippen molar-refractivity contribution in [1.82, 2.24) is 10.2 Å². The van der Waals surface area contributed by atoms with Crippen LogP contribution in [0.4, 0.5) is 4.39 Å². The van der Waals surface area contributed by atoms with E-state index in [1.165, 1.54) is 31.7 Å². The fourth-order valence-electron chi connectivity index (χ4n) is 4.97.